The van der Waals surface area contributed by atoms with Gasteiger partial charge >= 0.3 is 6.03 Å². The Bertz CT molecular complexity index is 488. The van der Waals surface area contributed by atoms with Gasteiger partial charge in [-0.3, -0.25) is 5.32 Å². The molecule has 2 amide bonds. The topological polar surface area (TPSA) is 63.2 Å². The molecule has 5 nitrogen and oxygen atoms in total. The summed E-state index contributed by atoms with van der Waals surface area (Å²) in [5.41, 5.74) is 0. The third-order valence-corrected chi connectivity index (χ3v) is 2.96. The molecule has 0 saturated heterocycles. The molecule has 6 heteroatoms. The fraction of sp³-hybridized carbons (Fsp3) is 0.231. The summed E-state index contributed by atoms with van der Waals surface area (Å²) in [6, 6.07) is 9.36. The summed E-state index contributed by atoms with van der Waals surface area (Å²) >= 11 is 1.38. The average molecular weight is 277 g/mol. The molecule has 0 aliphatic carbocycles. The summed E-state index contributed by atoms with van der Waals surface area (Å²) in [4.78, 5) is 15.4. The summed E-state index contributed by atoms with van der Waals surface area (Å²) in [5.74, 6) is 0.842. The number of rotatable bonds is 6. The number of amides is 2. The maximum Gasteiger partial charge on any atom is 0.321 e. The number of thiazole rings is 1. The Balaban J connectivity index is 1.56. The van der Waals surface area contributed by atoms with Gasteiger partial charge in [-0.15, -0.1) is 11.3 Å². The first-order valence-corrected chi connectivity index (χ1v) is 6.85. The van der Waals surface area contributed by atoms with Crippen molar-refractivity contribution >= 4 is 22.5 Å². The van der Waals surface area contributed by atoms with Gasteiger partial charge < -0.3 is 10.1 Å². The number of carbonyl (C=O) groups excluding carboxylic acids is 1. The van der Waals surface area contributed by atoms with Crippen LogP contribution in [0.15, 0.2) is 41.9 Å². The molecule has 1 aromatic carbocycles. The van der Waals surface area contributed by atoms with E-state index < -0.39 is 0 Å². The highest BCUT2D eigenvalue weighted by Crippen LogP contribution is 2.09. The molecule has 0 bridgehead atoms. The van der Waals surface area contributed by atoms with Crippen LogP contribution in [0.3, 0.4) is 0 Å². The zero-order chi connectivity index (χ0) is 13.3. The number of nitrogens with zero attached hydrogens (tertiary/aromatic N) is 1. The Morgan fingerprint density at radius 1 is 1.32 bits per heavy atom. The van der Waals surface area contributed by atoms with Gasteiger partial charge in [-0.2, -0.15) is 0 Å². The Hall–Kier alpha value is -2.08. The normalized spacial score (nSPS) is 9.89. The highest BCUT2D eigenvalue weighted by atomic mass is 32.1. The molecule has 2 N–H and O–H groups in total. The van der Waals surface area contributed by atoms with Crippen molar-refractivity contribution in [3.05, 3.63) is 41.9 Å². The second-order valence-corrected chi connectivity index (χ2v) is 4.63. The highest BCUT2D eigenvalue weighted by Gasteiger charge is 2.02. The number of ether oxygens (including phenoxy) is 1. The van der Waals surface area contributed by atoms with E-state index >= 15 is 0 Å². The van der Waals surface area contributed by atoms with Crippen molar-refractivity contribution in [1.82, 2.24) is 10.3 Å². The quantitative estimate of drug-likeness (QED) is 0.798. The van der Waals surface area contributed by atoms with Gasteiger partial charge in [0.15, 0.2) is 5.13 Å². The minimum Gasteiger partial charge on any atom is -0.494 e. The molecule has 1 heterocycles. The van der Waals surface area contributed by atoms with Gasteiger partial charge in [0.2, 0.25) is 0 Å². The minimum atomic E-state index is -0.241. The number of para-hydroxylation sites is 1. The van der Waals surface area contributed by atoms with Gasteiger partial charge in [0, 0.05) is 18.1 Å². The SMILES string of the molecule is O=C(NCCCOc1ccccc1)Nc1nccs1. The summed E-state index contributed by atoms with van der Waals surface area (Å²) in [5, 5.41) is 7.80. The van der Waals surface area contributed by atoms with E-state index in [1.165, 1.54) is 11.3 Å². The zero-order valence-electron chi connectivity index (χ0n) is 10.3. The van der Waals surface area contributed by atoms with E-state index in [-0.39, 0.29) is 6.03 Å². The van der Waals surface area contributed by atoms with E-state index in [4.69, 9.17) is 4.74 Å². The predicted octanol–water partition coefficient (Wildman–Crippen LogP) is 2.73. The second-order valence-electron chi connectivity index (χ2n) is 3.73. The summed E-state index contributed by atoms with van der Waals surface area (Å²) in [6.45, 7) is 1.13. The lowest BCUT2D eigenvalue weighted by molar-refractivity contribution is 0.250. The van der Waals surface area contributed by atoms with Gasteiger partial charge in [-0.25, -0.2) is 9.78 Å². The number of hydrogen-bond acceptors (Lipinski definition) is 4. The van der Waals surface area contributed by atoms with Crippen LogP contribution in [0.25, 0.3) is 0 Å². The average Bonchev–Trinajstić information content (AvgIpc) is 2.92. The van der Waals surface area contributed by atoms with E-state index in [2.05, 4.69) is 15.6 Å². The van der Waals surface area contributed by atoms with Crippen LogP contribution in [0.5, 0.6) is 5.75 Å². The lowest BCUT2D eigenvalue weighted by Gasteiger charge is -2.07. The van der Waals surface area contributed by atoms with Crippen molar-refractivity contribution in [2.45, 2.75) is 6.42 Å². The van der Waals surface area contributed by atoms with Crippen molar-refractivity contribution in [2.75, 3.05) is 18.5 Å². The highest BCUT2D eigenvalue weighted by molar-refractivity contribution is 7.13. The second kappa shape index (κ2) is 7.38. The molecule has 19 heavy (non-hydrogen) atoms. The van der Waals surface area contributed by atoms with Crippen LogP contribution in [0.2, 0.25) is 0 Å². The molecule has 0 spiro atoms. The molecular formula is C13H15N3O2S. The number of hydrogen-bond donors (Lipinski definition) is 2. The Labute approximate surface area is 115 Å². The lowest BCUT2D eigenvalue weighted by Crippen LogP contribution is -2.30. The third-order valence-electron chi connectivity index (χ3n) is 2.27. The van der Waals surface area contributed by atoms with E-state index in [0.29, 0.717) is 18.3 Å². The number of urea groups is 1. The molecule has 0 fully saturated rings. The van der Waals surface area contributed by atoms with E-state index in [1.54, 1.807) is 6.20 Å². The van der Waals surface area contributed by atoms with Gasteiger partial charge in [0.05, 0.1) is 6.61 Å². The van der Waals surface area contributed by atoms with Gasteiger partial charge in [0.1, 0.15) is 5.75 Å². The van der Waals surface area contributed by atoms with Crippen LogP contribution in [0, 0.1) is 0 Å². The molecule has 100 valence electrons. The summed E-state index contributed by atoms with van der Waals surface area (Å²) < 4.78 is 5.51. The van der Waals surface area contributed by atoms with Crippen LogP contribution < -0.4 is 15.4 Å². The standard InChI is InChI=1S/C13H15N3O2S/c17-12(16-13-15-8-10-19-13)14-7-4-9-18-11-5-2-1-3-6-11/h1-3,5-6,8,10H,4,7,9H2,(H2,14,15,16,17). The molecule has 0 saturated carbocycles. The number of anilines is 1. The van der Waals surface area contributed by atoms with Gasteiger partial charge in [-0.1, -0.05) is 18.2 Å². The number of nitrogens with one attached hydrogen (secondary N) is 2. The first kappa shape index (κ1) is 13.4. The fourth-order valence-corrected chi connectivity index (χ4v) is 1.93. The van der Waals surface area contributed by atoms with Gasteiger partial charge in [-0.05, 0) is 18.6 Å². The van der Waals surface area contributed by atoms with E-state index in [1.807, 2.05) is 35.7 Å². The number of carbonyl (C=O) groups is 1. The predicted molar refractivity (Wildman–Crippen MR) is 75.7 cm³/mol. The Morgan fingerprint density at radius 3 is 2.89 bits per heavy atom. The van der Waals surface area contributed by atoms with Crippen LogP contribution in [-0.4, -0.2) is 24.2 Å². The van der Waals surface area contributed by atoms with Crippen molar-refractivity contribution in [3.8, 4) is 5.75 Å². The fourth-order valence-electron chi connectivity index (χ4n) is 1.41. The van der Waals surface area contributed by atoms with Gasteiger partial charge in [0.25, 0.3) is 0 Å². The maximum atomic E-state index is 11.4. The van der Waals surface area contributed by atoms with Crippen LogP contribution >= 0.6 is 11.3 Å². The monoisotopic (exact) mass is 277 g/mol. The zero-order valence-corrected chi connectivity index (χ0v) is 11.2. The number of aromatic nitrogens is 1. The van der Waals surface area contributed by atoms with Crippen LogP contribution in [-0.2, 0) is 0 Å². The van der Waals surface area contributed by atoms with Crippen molar-refractivity contribution < 1.29 is 9.53 Å². The van der Waals surface area contributed by atoms with Crippen molar-refractivity contribution in [2.24, 2.45) is 0 Å². The molecule has 1 aromatic heterocycles. The molecule has 0 atom stereocenters. The van der Waals surface area contributed by atoms with Crippen LogP contribution in [0.4, 0.5) is 9.93 Å². The number of benzene rings is 1. The maximum absolute atomic E-state index is 11.4. The molecule has 0 aliphatic heterocycles. The van der Waals surface area contributed by atoms with Crippen molar-refractivity contribution in [3.63, 3.8) is 0 Å². The van der Waals surface area contributed by atoms with E-state index in [0.717, 1.165) is 12.2 Å². The molecule has 0 unspecified atom stereocenters. The van der Waals surface area contributed by atoms with E-state index in [9.17, 15) is 4.79 Å². The minimum absolute atomic E-state index is 0.241. The largest absolute Gasteiger partial charge is 0.494 e. The molecule has 0 radical (unpaired) electrons. The summed E-state index contributed by atoms with van der Waals surface area (Å²) in [6.07, 6.45) is 2.40. The van der Waals surface area contributed by atoms with Crippen molar-refractivity contribution in [1.29, 1.82) is 0 Å². The smallest absolute Gasteiger partial charge is 0.321 e. The third kappa shape index (κ3) is 4.97. The first-order valence-electron chi connectivity index (χ1n) is 5.97. The Kier molecular flexibility index (Phi) is 5.18. The first-order chi connectivity index (χ1) is 9.34. The van der Waals surface area contributed by atoms with Crippen LogP contribution in [0.1, 0.15) is 6.42 Å². The Morgan fingerprint density at radius 2 is 2.16 bits per heavy atom. The lowest BCUT2D eigenvalue weighted by atomic mass is 10.3. The molecule has 2 rings (SSSR count). The molecule has 0 aliphatic rings. The molecular weight excluding hydrogens is 262 g/mol. The molecule has 2 aromatic rings. The summed E-state index contributed by atoms with van der Waals surface area (Å²) in [7, 11) is 0.